The molecule has 0 aliphatic carbocycles. The van der Waals surface area contributed by atoms with Crippen LogP contribution < -0.4 is 15.4 Å². The Labute approximate surface area is 213 Å². The predicted octanol–water partition coefficient (Wildman–Crippen LogP) is 6.52. The lowest BCUT2D eigenvalue weighted by atomic mass is 10.1. The van der Waals surface area contributed by atoms with Gasteiger partial charge in [-0.15, -0.1) is 0 Å². The molecule has 0 aliphatic rings. The Bertz CT molecular complexity index is 1450. The Morgan fingerprint density at radius 1 is 1.03 bits per heavy atom. The van der Waals surface area contributed by atoms with Crippen LogP contribution in [0.25, 0.3) is 11.1 Å². The average molecular weight is 528 g/mol. The van der Waals surface area contributed by atoms with Gasteiger partial charge in [-0.05, 0) is 54.4 Å². The third-order valence-electron chi connectivity index (χ3n) is 5.37. The molecule has 0 radical (unpaired) electrons. The van der Waals surface area contributed by atoms with Crippen molar-refractivity contribution in [2.45, 2.75) is 24.5 Å². The van der Waals surface area contributed by atoms with Gasteiger partial charge in [0.1, 0.15) is 11.6 Å². The molecule has 7 nitrogen and oxygen atoms in total. The maximum absolute atomic E-state index is 13.5. The van der Waals surface area contributed by atoms with Crippen LogP contribution in [0.2, 0.25) is 0 Å². The van der Waals surface area contributed by atoms with Gasteiger partial charge in [-0.2, -0.15) is 18.2 Å². The number of anilines is 3. The Balaban J connectivity index is 1.68. The first-order valence-corrected chi connectivity index (χ1v) is 12.6. The minimum Gasteiger partial charge on any atom is -0.494 e. The van der Waals surface area contributed by atoms with Crippen LogP contribution in [0.15, 0.2) is 83.9 Å². The zero-order chi connectivity index (χ0) is 26.4. The summed E-state index contributed by atoms with van der Waals surface area (Å²) < 4.78 is 65.0. The molecule has 1 unspecified atom stereocenters. The van der Waals surface area contributed by atoms with Crippen LogP contribution in [0.3, 0.4) is 0 Å². The number of ether oxygens (including phenoxy) is 1. The molecule has 4 aromatic rings. The minimum atomic E-state index is -4.49. The molecule has 0 amide bonds. The minimum absolute atomic E-state index is 0.0766. The molecule has 0 bridgehead atoms. The first-order valence-electron chi connectivity index (χ1n) is 11.3. The van der Waals surface area contributed by atoms with Crippen LogP contribution >= 0.6 is 0 Å². The highest BCUT2D eigenvalue weighted by Crippen LogP contribution is 2.33. The highest BCUT2D eigenvalue weighted by molar-refractivity contribution is 7.73. The summed E-state index contributed by atoms with van der Waals surface area (Å²) in [4.78, 5) is 9.22. The van der Waals surface area contributed by atoms with E-state index in [-0.39, 0.29) is 18.1 Å². The monoisotopic (exact) mass is 527 g/mol. The lowest BCUT2D eigenvalue weighted by molar-refractivity contribution is -0.138. The quantitative estimate of drug-likeness (QED) is 0.185. The van der Waals surface area contributed by atoms with Crippen molar-refractivity contribution in [2.24, 2.45) is 0 Å². The summed E-state index contributed by atoms with van der Waals surface area (Å²) in [6.07, 6.45) is -2.92. The third kappa shape index (κ3) is 6.56. The second-order valence-electron chi connectivity index (χ2n) is 7.89. The van der Waals surface area contributed by atoms with Gasteiger partial charge in [-0.25, -0.2) is 9.19 Å². The number of halogens is 3. The molecule has 0 saturated heterocycles. The van der Waals surface area contributed by atoms with Crippen LogP contribution in [-0.4, -0.2) is 20.8 Å². The maximum Gasteiger partial charge on any atom is 0.416 e. The van der Waals surface area contributed by atoms with E-state index >= 15 is 0 Å². The van der Waals surface area contributed by atoms with E-state index in [2.05, 4.69) is 20.6 Å². The second-order valence-corrected chi connectivity index (χ2v) is 9.00. The predicted molar refractivity (Wildman–Crippen MR) is 138 cm³/mol. The molecule has 11 heteroatoms. The van der Waals surface area contributed by atoms with Gasteiger partial charge in [-0.1, -0.05) is 36.4 Å². The van der Waals surface area contributed by atoms with E-state index in [1.807, 2.05) is 19.1 Å². The highest BCUT2D eigenvalue weighted by atomic mass is 32.2. The van der Waals surface area contributed by atoms with Crippen molar-refractivity contribution in [1.82, 2.24) is 9.97 Å². The fourth-order valence-electron chi connectivity index (χ4n) is 3.65. The van der Waals surface area contributed by atoms with Crippen LogP contribution in [0.1, 0.15) is 18.1 Å². The van der Waals surface area contributed by atoms with E-state index in [0.29, 0.717) is 34.3 Å². The third-order valence-corrected chi connectivity index (χ3v) is 6.12. The van der Waals surface area contributed by atoms with E-state index in [0.717, 1.165) is 11.6 Å². The van der Waals surface area contributed by atoms with Crippen molar-refractivity contribution in [3.63, 3.8) is 0 Å². The molecule has 1 aromatic heterocycles. The van der Waals surface area contributed by atoms with Gasteiger partial charge in [0, 0.05) is 28.9 Å². The molecule has 0 spiro atoms. The first-order chi connectivity index (χ1) is 17.7. The zero-order valence-corrected chi connectivity index (χ0v) is 20.6. The summed E-state index contributed by atoms with van der Waals surface area (Å²) in [5.74, 6) is 1.19. The number of rotatable bonds is 9. The van der Waals surface area contributed by atoms with E-state index < -0.39 is 22.3 Å². The first kappa shape index (κ1) is 26.0. The van der Waals surface area contributed by atoms with E-state index in [1.54, 1.807) is 48.7 Å². The topological polar surface area (TPSA) is 100.0 Å². The summed E-state index contributed by atoms with van der Waals surface area (Å²) in [6.45, 7) is 2.28. The van der Waals surface area contributed by atoms with Crippen molar-refractivity contribution >= 4 is 28.0 Å². The Morgan fingerprint density at radius 2 is 1.78 bits per heavy atom. The molecule has 37 heavy (non-hydrogen) atoms. The lowest BCUT2D eigenvalue weighted by Gasteiger charge is -2.16. The molecule has 3 N–H and O–H groups in total. The molecule has 0 saturated carbocycles. The van der Waals surface area contributed by atoms with Gasteiger partial charge < -0.3 is 15.4 Å². The van der Waals surface area contributed by atoms with Gasteiger partial charge in [0.2, 0.25) is 5.95 Å². The van der Waals surface area contributed by atoms with E-state index in [9.17, 15) is 17.4 Å². The Kier molecular flexibility index (Phi) is 7.92. The van der Waals surface area contributed by atoms with Crippen LogP contribution in [-0.2, 0) is 23.3 Å². The molecular weight excluding hydrogens is 503 g/mol. The molecule has 192 valence electrons. The SMILES string of the molecule is CCOc1ccc(-c2cnc(Nc3cccc([SH](=N)=O)c3)nc2NCc2ccccc2C(F)(F)F)cc1. The standard InChI is InChI=1S/C26H24F3N5O2S/c1-2-36-20-12-10-17(11-13-20)22-16-32-25(33-19-7-5-8-21(14-19)37(30)35)34-24(22)31-15-18-6-3-4-9-23(18)26(27,28)29/h3-14,16,30,37H,2,15H2,1H3,(H2,31,32,33,34). The highest BCUT2D eigenvalue weighted by Gasteiger charge is 2.32. The smallest absolute Gasteiger partial charge is 0.416 e. The summed E-state index contributed by atoms with van der Waals surface area (Å²) in [5.41, 5.74) is 1.21. The zero-order valence-electron chi connectivity index (χ0n) is 19.7. The number of hydrogen-bond acceptors (Lipinski definition) is 7. The molecule has 0 aliphatic heterocycles. The number of hydrogen-bond donors (Lipinski definition) is 4. The molecule has 1 heterocycles. The normalized spacial score (nSPS) is 12.1. The van der Waals surface area contributed by atoms with Gasteiger partial charge in [-0.3, -0.25) is 4.78 Å². The summed E-state index contributed by atoms with van der Waals surface area (Å²) in [5, 5.41) is 6.04. The number of aromatic nitrogens is 2. The van der Waals surface area contributed by atoms with Gasteiger partial charge in [0.25, 0.3) is 0 Å². The molecule has 1 atom stereocenters. The number of alkyl halides is 3. The summed E-state index contributed by atoms with van der Waals surface area (Å²) in [6, 6.07) is 19.1. The van der Waals surface area contributed by atoms with E-state index in [1.165, 1.54) is 12.1 Å². The van der Waals surface area contributed by atoms with Gasteiger partial charge >= 0.3 is 6.18 Å². The number of thiol groups is 1. The van der Waals surface area contributed by atoms with Gasteiger partial charge in [0.15, 0.2) is 0 Å². The number of nitrogens with one attached hydrogen (secondary N) is 3. The lowest BCUT2D eigenvalue weighted by Crippen LogP contribution is -2.13. The van der Waals surface area contributed by atoms with Crippen LogP contribution in [0, 0.1) is 4.78 Å². The molecular formula is C26H24F3N5O2S. The molecule has 3 aromatic carbocycles. The van der Waals surface area contributed by atoms with E-state index in [4.69, 9.17) is 9.52 Å². The maximum atomic E-state index is 13.5. The number of benzene rings is 3. The van der Waals surface area contributed by atoms with Crippen molar-refractivity contribution in [1.29, 1.82) is 4.78 Å². The Hall–Kier alpha value is -4.12. The second kappa shape index (κ2) is 11.3. The molecule has 4 rings (SSSR count). The van der Waals surface area contributed by atoms with Crippen LogP contribution in [0.5, 0.6) is 5.75 Å². The van der Waals surface area contributed by atoms with Crippen molar-refractivity contribution < 1.29 is 22.1 Å². The van der Waals surface area contributed by atoms with Crippen LogP contribution in [0.4, 0.5) is 30.6 Å². The average Bonchev–Trinajstić information content (AvgIpc) is 2.88. The van der Waals surface area contributed by atoms with Crippen molar-refractivity contribution in [3.05, 3.63) is 90.1 Å². The van der Waals surface area contributed by atoms with Gasteiger partial charge in [0.05, 0.1) is 22.8 Å². The summed E-state index contributed by atoms with van der Waals surface area (Å²) >= 11 is 0. The number of nitrogens with zero attached hydrogens (tertiary/aromatic N) is 2. The van der Waals surface area contributed by atoms with Crippen molar-refractivity contribution in [3.8, 4) is 16.9 Å². The fourth-order valence-corrected chi connectivity index (χ4v) is 4.13. The summed E-state index contributed by atoms with van der Waals surface area (Å²) in [7, 11) is -2.27. The fraction of sp³-hybridized carbons (Fsp3) is 0.154. The van der Waals surface area contributed by atoms with Crippen molar-refractivity contribution in [2.75, 3.05) is 17.2 Å². The Morgan fingerprint density at radius 3 is 2.49 bits per heavy atom. The largest absolute Gasteiger partial charge is 0.494 e. The molecule has 0 fully saturated rings.